The maximum Gasteiger partial charge on any atom is 0.236 e. The fourth-order valence-corrected chi connectivity index (χ4v) is 3.51. The molecule has 0 radical (unpaired) electrons. The van der Waals surface area contributed by atoms with E-state index in [4.69, 9.17) is 16.3 Å². The highest BCUT2D eigenvalue weighted by Gasteiger charge is 2.31. The van der Waals surface area contributed by atoms with E-state index >= 15 is 0 Å². The van der Waals surface area contributed by atoms with E-state index in [1.165, 1.54) is 0 Å². The van der Waals surface area contributed by atoms with Crippen molar-refractivity contribution in [2.75, 3.05) is 39.3 Å². The lowest BCUT2D eigenvalue weighted by Crippen LogP contribution is -2.57. The minimum absolute atomic E-state index is 0.0845. The van der Waals surface area contributed by atoms with Crippen molar-refractivity contribution in [3.8, 4) is 5.75 Å². The molecule has 1 unspecified atom stereocenters. The van der Waals surface area contributed by atoms with Crippen LogP contribution in [0, 0.1) is 0 Å². The SMILES string of the molecule is O=C(CCOc1ccc(Cl)cc1)N1CCCC(N2CCNCC2=O)C1. The van der Waals surface area contributed by atoms with Gasteiger partial charge in [-0.3, -0.25) is 9.59 Å². The molecule has 1 N–H and O–H groups in total. The first-order valence-corrected chi connectivity index (χ1v) is 9.17. The number of nitrogens with zero attached hydrogens (tertiary/aromatic N) is 2. The van der Waals surface area contributed by atoms with Crippen LogP contribution in [0.2, 0.25) is 5.02 Å². The zero-order valence-electron chi connectivity index (χ0n) is 14.2. The highest BCUT2D eigenvalue weighted by Crippen LogP contribution is 2.19. The van der Waals surface area contributed by atoms with Crippen LogP contribution in [0.15, 0.2) is 24.3 Å². The Hall–Kier alpha value is -1.79. The van der Waals surface area contributed by atoms with E-state index in [9.17, 15) is 9.59 Å². The predicted octanol–water partition coefficient (Wildman–Crippen LogP) is 1.53. The van der Waals surface area contributed by atoms with E-state index in [1.54, 1.807) is 24.3 Å². The van der Waals surface area contributed by atoms with Crippen LogP contribution in [-0.4, -0.2) is 67.0 Å². The van der Waals surface area contributed by atoms with Gasteiger partial charge < -0.3 is 19.9 Å². The second-order valence-corrected chi connectivity index (χ2v) is 6.89. The second-order valence-electron chi connectivity index (χ2n) is 6.45. The molecule has 0 spiro atoms. The molecule has 2 amide bonds. The molecule has 1 aromatic carbocycles. The van der Waals surface area contributed by atoms with E-state index < -0.39 is 0 Å². The van der Waals surface area contributed by atoms with E-state index in [-0.39, 0.29) is 17.9 Å². The Bertz CT molecular complexity index is 608. The molecule has 1 atom stereocenters. The Morgan fingerprint density at radius 1 is 1.28 bits per heavy atom. The summed E-state index contributed by atoms with van der Waals surface area (Å²) in [6.07, 6.45) is 2.24. The van der Waals surface area contributed by atoms with Gasteiger partial charge in [-0.15, -0.1) is 0 Å². The van der Waals surface area contributed by atoms with E-state index in [0.717, 1.165) is 32.5 Å². The van der Waals surface area contributed by atoms with Crippen LogP contribution in [0.5, 0.6) is 5.75 Å². The molecule has 0 aliphatic carbocycles. The highest BCUT2D eigenvalue weighted by atomic mass is 35.5. The Balaban J connectivity index is 1.46. The number of halogens is 1. The molecule has 136 valence electrons. The van der Waals surface area contributed by atoms with E-state index in [2.05, 4.69) is 5.32 Å². The third kappa shape index (κ3) is 4.86. The van der Waals surface area contributed by atoms with Gasteiger partial charge in [0.2, 0.25) is 11.8 Å². The number of benzene rings is 1. The van der Waals surface area contributed by atoms with Gasteiger partial charge in [-0.1, -0.05) is 11.6 Å². The molecule has 3 rings (SSSR count). The third-order valence-corrected chi connectivity index (χ3v) is 4.97. The summed E-state index contributed by atoms with van der Waals surface area (Å²) in [4.78, 5) is 28.3. The predicted molar refractivity (Wildman–Crippen MR) is 95.7 cm³/mol. The number of piperazine rings is 1. The molecular weight excluding hydrogens is 342 g/mol. The first-order chi connectivity index (χ1) is 12.1. The maximum atomic E-state index is 12.5. The average Bonchev–Trinajstić information content (AvgIpc) is 2.64. The highest BCUT2D eigenvalue weighted by molar-refractivity contribution is 6.30. The zero-order chi connectivity index (χ0) is 17.6. The van der Waals surface area contributed by atoms with Gasteiger partial charge >= 0.3 is 0 Å². The maximum absolute atomic E-state index is 12.5. The molecule has 2 fully saturated rings. The van der Waals surface area contributed by atoms with Gasteiger partial charge in [-0.25, -0.2) is 0 Å². The molecule has 0 aromatic heterocycles. The lowest BCUT2D eigenvalue weighted by atomic mass is 10.0. The number of piperidine rings is 1. The summed E-state index contributed by atoms with van der Waals surface area (Å²) in [6, 6.07) is 7.25. The van der Waals surface area contributed by atoms with Crippen molar-refractivity contribution < 1.29 is 14.3 Å². The van der Waals surface area contributed by atoms with Gasteiger partial charge in [0.25, 0.3) is 0 Å². The van der Waals surface area contributed by atoms with Crippen molar-refractivity contribution in [2.24, 2.45) is 0 Å². The molecule has 6 nitrogen and oxygen atoms in total. The molecular formula is C18H24ClN3O3. The number of carbonyl (C=O) groups excluding carboxylic acids is 2. The quantitative estimate of drug-likeness (QED) is 0.859. The number of hydrogen-bond acceptors (Lipinski definition) is 4. The molecule has 25 heavy (non-hydrogen) atoms. The zero-order valence-corrected chi connectivity index (χ0v) is 15.0. The van der Waals surface area contributed by atoms with Crippen LogP contribution in [0.1, 0.15) is 19.3 Å². The first-order valence-electron chi connectivity index (χ1n) is 8.80. The van der Waals surface area contributed by atoms with E-state index in [1.807, 2.05) is 9.80 Å². The number of likely N-dealkylation sites (tertiary alicyclic amines) is 1. The lowest BCUT2D eigenvalue weighted by Gasteiger charge is -2.41. The second kappa shape index (κ2) is 8.54. The Morgan fingerprint density at radius 2 is 2.08 bits per heavy atom. The average molecular weight is 366 g/mol. The van der Waals surface area contributed by atoms with Crippen LogP contribution in [-0.2, 0) is 9.59 Å². The molecule has 7 heteroatoms. The van der Waals surface area contributed by atoms with Crippen LogP contribution in [0.3, 0.4) is 0 Å². The lowest BCUT2D eigenvalue weighted by molar-refractivity contribution is -0.140. The minimum atomic E-state index is 0.0845. The number of rotatable bonds is 5. The number of ether oxygens (including phenoxy) is 1. The summed E-state index contributed by atoms with van der Waals surface area (Å²) in [5.74, 6) is 0.929. The van der Waals surface area contributed by atoms with Crippen molar-refractivity contribution in [1.29, 1.82) is 0 Å². The van der Waals surface area contributed by atoms with Crippen LogP contribution in [0.25, 0.3) is 0 Å². The summed E-state index contributed by atoms with van der Waals surface area (Å²) in [5.41, 5.74) is 0. The summed E-state index contributed by atoms with van der Waals surface area (Å²) >= 11 is 5.84. The van der Waals surface area contributed by atoms with Gasteiger partial charge in [0.15, 0.2) is 0 Å². The van der Waals surface area contributed by atoms with Gasteiger partial charge in [0.1, 0.15) is 5.75 Å². The topological polar surface area (TPSA) is 61.9 Å². The monoisotopic (exact) mass is 365 g/mol. The third-order valence-electron chi connectivity index (χ3n) is 4.71. The minimum Gasteiger partial charge on any atom is -0.493 e. The first kappa shape index (κ1) is 18.0. The fraction of sp³-hybridized carbons (Fsp3) is 0.556. The standard InChI is InChI=1S/C18H24ClN3O3/c19-14-3-5-16(6-4-14)25-11-7-17(23)21-9-1-2-15(13-21)22-10-8-20-12-18(22)24/h3-6,15,20H,1-2,7-13H2. The molecule has 2 aliphatic rings. The van der Waals surface area contributed by atoms with Gasteiger partial charge in [0, 0.05) is 37.2 Å². The van der Waals surface area contributed by atoms with Crippen LogP contribution in [0.4, 0.5) is 0 Å². The summed E-state index contributed by atoms with van der Waals surface area (Å²) < 4.78 is 5.60. The van der Waals surface area contributed by atoms with Gasteiger partial charge in [0.05, 0.1) is 19.6 Å². The van der Waals surface area contributed by atoms with Crippen LogP contribution < -0.4 is 10.1 Å². The molecule has 0 bridgehead atoms. The summed E-state index contributed by atoms with van der Waals surface area (Å²) in [6.45, 7) is 3.69. The van der Waals surface area contributed by atoms with Crippen molar-refractivity contribution in [1.82, 2.24) is 15.1 Å². The number of hydrogen-bond donors (Lipinski definition) is 1. The Morgan fingerprint density at radius 3 is 2.84 bits per heavy atom. The molecule has 0 saturated carbocycles. The summed E-state index contributed by atoms with van der Waals surface area (Å²) in [5, 5.41) is 3.75. The number of nitrogens with one attached hydrogen (secondary N) is 1. The Labute approximate surface area is 153 Å². The van der Waals surface area contributed by atoms with Crippen molar-refractivity contribution in [3.05, 3.63) is 29.3 Å². The summed E-state index contributed by atoms with van der Waals surface area (Å²) in [7, 11) is 0. The van der Waals surface area contributed by atoms with Crippen LogP contribution >= 0.6 is 11.6 Å². The molecule has 1 aromatic rings. The van der Waals surface area contributed by atoms with Crippen molar-refractivity contribution in [2.45, 2.75) is 25.3 Å². The molecule has 2 aliphatic heterocycles. The molecule has 2 saturated heterocycles. The molecule has 2 heterocycles. The number of carbonyl (C=O) groups is 2. The Kier molecular flexibility index (Phi) is 6.15. The van der Waals surface area contributed by atoms with Gasteiger partial charge in [-0.05, 0) is 37.1 Å². The van der Waals surface area contributed by atoms with E-state index in [0.29, 0.717) is 36.9 Å². The van der Waals surface area contributed by atoms with Gasteiger partial charge in [-0.2, -0.15) is 0 Å². The van der Waals surface area contributed by atoms with Crippen molar-refractivity contribution in [3.63, 3.8) is 0 Å². The smallest absolute Gasteiger partial charge is 0.236 e. The normalized spacial score (nSPS) is 21.3. The van der Waals surface area contributed by atoms with Crippen molar-refractivity contribution >= 4 is 23.4 Å². The largest absolute Gasteiger partial charge is 0.493 e. The number of amides is 2. The fourth-order valence-electron chi connectivity index (χ4n) is 3.39.